The average molecular weight is 249 g/mol. The van der Waals surface area contributed by atoms with E-state index in [1.54, 1.807) is 0 Å². The fourth-order valence-corrected chi connectivity index (χ4v) is 5.01. The van der Waals surface area contributed by atoms with Gasteiger partial charge in [-0.2, -0.15) is 11.8 Å². The van der Waals surface area contributed by atoms with Gasteiger partial charge in [-0.15, -0.1) is 0 Å². The van der Waals surface area contributed by atoms with Gasteiger partial charge in [-0.1, -0.05) is 6.92 Å². The quantitative estimate of drug-likeness (QED) is 0.794. The number of hydrogen-bond donors (Lipinski definition) is 1. The van der Waals surface area contributed by atoms with Gasteiger partial charge in [-0.25, -0.2) is 8.42 Å². The summed E-state index contributed by atoms with van der Waals surface area (Å²) in [5.74, 6) is 1.99. The maximum atomic E-state index is 11.3. The summed E-state index contributed by atoms with van der Waals surface area (Å²) in [7, 11) is -2.71. The lowest BCUT2D eigenvalue weighted by Crippen LogP contribution is -2.45. The van der Waals surface area contributed by atoms with Gasteiger partial charge in [-0.3, -0.25) is 0 Å². The van der Waals surface area contributed by atoms with E-state index < -0.39 is 9.84 Å². The van der Waals surface area contributed by atoms with Crippen LogP contribution in [0.4, 0.5) is 0 Å². The van der Waals surface area contributed by atoms with Crippen LogP contribution in [0.3, 0.4) is 0 Å². The van der Waals surface area contributed by atoms with Gasteiger partial charge in [0.2, 0.25) is 0 Å². The third kappa shape index (κ3) is 3.11. The Labute approximate surface area is 96.3 Å². The van der Waals surface area contributed by atoms with Gasteiger partial charge >= 0.3 is 0 Å². The van der Waals surface area contributed by atoms with E-state index in [-0.39, 0.29) is 0 Å². The minimum atomic E-state index is -2.71. The van der Waals surface area contributed by atoms with E-state index in [1.165, 1.54) is 12.2 Å². The van der Waals surface area contributed by atoms with Gasteiger partial charge < -0.3 is 5.32 Å². The summed E-state index contributed by atoms with van der Waals surface area (Å²) < 4.78 is 22.5. The molecular formula is C10H19NO2S2. The van der Waals surface area contributed by atoms with E-state index in [2.05, 4.69) is 12.2 Å². The third-order valence-corrected chi connectivity index (χ3v) is 6.42. The standard InChI is InChI=1S/C10H19NO2S2/c1-8-10(2-5-14-8)11-9-3-6-15(12,13)7-4-9/h8-11H,2-7H2,1H3. The SMILES string of the molecule is CC1SCCC1NC1CCS(=O)(=O)CC1. The van der Waals surface area contributed by atoms with Crippen LogP contribution in [0.2, 0.25) is 0 Å². The summed E-state index contributed by atoms with van der Waals surface area (Å²) in [6.07, 6.45) is 2.83. The number of nitrogens with one attached hydrogen (secondary N) is 1. The number of thioether (sulfide) groups is 1. The molecule has 15 heavy (non-hydrogen) atoms. The molecule has 0 radical (unpaired) electrons. The lowest BCUT2D eigenvalue weighted by Gasteiger charge is -2.28. The van der Waals surface area contributed by atoms with Crippen LogP contribution in [0.5, 0.6) is 0 Å². The van der Waals surface area contributed by atoms with E-state index in [9.17, 15) is 8.42 Å². The largest absolute Gasteiger partial charge is 0.310 e. The van der Waals surface area contributed by atoms with Crippen LogP contribution in [-0.2, 0) is 9.84 Å². The third-order valence-electron chi connectivity index (χ3n) is 3.38. The second-order valence-electron chi connectivity index (χ2n) is 4.56. The molecule has 0 aromatic carbocycles. The first-order valence-corrected chi connectivity index (χ1v) is 8.52. The topological polar surface area (TPSA) is 46.2 Å². The fourth-order valence-electron chi connectivity index (χ4n) is 2.31. The molecule has 3 nitrogen and oxygen atoms in total. The van der Waals surface area contributed by atoms with Gasteiger partial charge in [-0.05, 0) is 25.0 Å². The van der Waals surface area contributed by atoms with Crippen molar-refractivity contribution in [1.82, 2.24) is 5.32 Å². The Balaban J connectivity index is 1.81. The highest BCUT2D eigenvalue weighted by Crippen LogP contribution is 2.27. The minimum absolute atomic E-state index is 0.374. The van der Waals surface area contributed by atoms with Gasteiger partial charge in [0, 0.05) is 17.3 Å². The van der Waals surface area contributed by atoms with Crippen molar-refractivity contribution in [2.24, 2.45) is 0 Å². The van der Waals surface area contributed by atoms with Crippen LogP contribution in [0.15, 0.2) is 0 Å². The Hall–Kier alpha value is 0.260. The second-order valence-corrected chi connectivity index (χ2v) is 8.35. The van der Waals surface area contributed by atoms with Crippen molar-refractivity contribution in [1.29, 1.82) is 0 Å². The normalized spacial score (nSPS) is 36.9. The van der Waals surface area contributed by atoms with Crippen molar-refractivity contribution in [3.8, 4) is 0 Å². The molecule has 0 amide bonds. The fraction of sp³-hybridized carbons (Fsp3) is 1.00. The summed E-state index contributed by atoms with van der Waals surface area (Å²) in [6, 6.07) is 1.03. The lowest BCUT2D eigenvalue weighted by molar-refractivity contribution is 0.397. The summed E-state index contributed by atoms with van der Waals surface area (Å²) in [5, 5.41) is 4.30. The van der Waals surface area contributed by atoms with Crippen molar-refractivity contribution < 1.29 is 8.42 Å². The molecule has 2 heterocycles. The first kappa shape index (κ1) is 11.7. The highest BCUT2D eigenvalue weighted by molar-refractivity contribution is 8.00. The van der Waals surface area contributed by atoms with Gasteiger partial charge in [0.1, 0.15) is 9.84 Å². The summed E-state index contributed by atoms with van der Waals surface area (Å²) in [6.45, 7) is 2.26. The molecule has 0 bridgehead atoms. The van der Waals surface area contributed by atoms with Crippen LogP contribution in [-0.4, -0.2) is 43.0 Å². The Morgan fingerprint density at radius 1 is 1.20 bits per heavy atom. The summed E-state index contributed by atoms with van der Waals surface area (Å²) in [5.41, 5.74) is 0. The van der Waals surface area contributed by atoms with Crippen LogP contribution >= 0.6 is 11.8 Å². The van der Waals surface area contributed by atoms with Crippen LogP contribution < -0.4 is 5.32 Å². The lowest BCUT2D eigenvalue weighted by atomic mass is 10.1. The smallest absolute Gasteiger partial charge is 0.150 e. The highest BCUT2D eigenvalue weighted by Gasteiger charge is 2.29. The molecule has 2 saturated heterocycles. The predicted octanol–water partition coefficient (Wildman–Crippen LogP) is 1.05. The van der Waals surface area contributed by atoms with E-state index in [0.717, 1.165) is 12.8 Å². The monoisotopic (exact) mass is 249 g/mol. The van der Waals surface area contributed by atoms with Crippen molar-refractivity contribution in [3.05, 3.63) is 0 Å². The number of rotatable bonds is 2. The molecule has 0 aliphatic carbocycles. The molecule has 88 valence electrons. The first-order valence-electron chi connectivity index (χ1n) is 5.65. The highest BCUT2D eigenvalue weighted by atomic mass is 32.2. The molecule has 5 heteroatoms. The molecule has 2 aliphatic heterocycles. The molecule has 2 atom stereocenters. The average Bonchev–Trinajstić information content (AvgIpc) is 2.56. The predicted molar refractivity (Wildman–Crippen MR) is 65.1 cm³/mol. The van der Waals surface area contributed by atoms with Crippen molar-refractivity contribution in [3.63, 3.8) is 0 Å². The van der Waals surface area contributed by atoms with Crippen molar-refractivity contribution in [2.75, 3.05) is 17.3 Å². The van der Waals surface area contributed by atoms with E-state index in [4.69, 9.17) is 0 Å². The molecule has 2 unspecified atom stereocenters. The zero-order valence-electron chi connectivity index (χ0n) is 9.11. The molecule has 0 spiro atoms. The van der Waals surface area contributed by atoms with E-state index >= 15 is 0 Å². The Kier molecular flexibility index (Phi) is 3.63. The van der Waals surface area contributed by atoms with Gasteiger partial charge in [0.15, 0.2) is 0 Å². The second kappa shape index (κ2) is 4.63. The van der Waals surface area contributed by atoms with Gasteiger partial charge in [0.05, 0.1) is 11.5 Å². The van der Waals surface area contributed by atoms with E-state index in [0.29, 0.717) is 28.8 Å². The van der Waals surface area contributed by atoms with Crippen molar-refractivity contribution >= 4 is 21.6 Å². The Bertz CT molecular complexity index is 301. The zero-order valence-corrected chi connectivity index (χ0v) is 10.7. The summed E-state index contributed by atoms with van der Waals surface area (Å²) >= 11 is 2.01. The maximum absolute atomic E-state index is 11.3. The van der Waals surface area contributed by atoms with Crippen molar-refractivity contribution in [2.45, 2.75) is 43.5 Å². The Morgan fingerprint density at radius 3 is 2.40 bits per heavy atom. The zero-order chi connectivity index (χ0) is 10.9. The minimum Gasteiger partial charge on any atom is -0.310 e. The molecule has 0 aromatic rings. The van der Waals surface area contributed by atoms with Crippen LogP contribution in [0.1, 0.15) is 26.2 Å². The van der Waals surface area contributed by atoms with Crippen LogP contribution in [0, 0.1) is 0 Å². The van der Waals surface area contributed by atoms with Crippen LogP contribution in [0.25, 0.3) is 0 Å². The molecule has 0 aromatic heterocycles. The van der Waals surface area contributed by atoms with Gasteiger partial charge in [0.25, 0.3) is 0 Å². The molecule has 2 fully saturated rings. The maximum Gasteiger partial charge on any atom is 0.150 e. The Morgan fingerprint density at radius 2 is 1.87 bits per heavy atom. The number of hydrogen-bond acceptors (Lipinski definition) is 4. The molecular weight excluding hydrogens is 230 g/mol. The van der Waals surface area contributed by atoms with E-state index in [1.807, 2.05) is 11.8 Å². The molecule has 2 aliphatic rings. The molecule has 2 rings (SSSR count). The first-order chi connectivity index (χ1) is 7.07. The molecule has 0 saturated carbocycles. The molecule has 1 N–H and O–H groups in total. The summed E-state index contributed by atoms with van der Waals surface area (Å²) in [4.78, 5) is 0. The number of sulfone groups is 1.